The smallest absolute Gasteiger partial charge is 0.395 e. The van der Waals surface area contributed by atoms with Crippen LogP contribution in [0.1, 0.15) is 72.2 Å². The summed E-state index contributed by atoms with van der Waals surface area (Å²) in [6, 6.07) is 28.7. The number of rotatable bonds is 6. The lowest BCUT2D eigenvalue weighted by Gasteiger charge is -2.27. The molecule has 4 aromatic carbocycles. The molecule has 0 aliphatic heterocycles. The second-order valence-electron chi connectivity index (χ2n) is 11.4. The molecule has 0 saturated carbocycles. The van der Waals surface area contributed by atoms with E-state index in [1.54, 1.807) is 0 Å². The monoisotopic (exact) mass is 506 g/mol. The van der Waals surface area contributed by atoms with Crippen molar-refractivity contribution in [2.24, 2.45) is 0 Å². The van der Waals surface area contributed by atoms with Crippen molar-refractivity contribution in [3.63, 3.8) is 0 Å². The van der Waals surface area contributed by atoms with Crippen LogP contribution in [0, 0.1) is 27.7 Å². The molecule has 3 heteroatoms. The fourth-order valence-corrected chi connectivity index (χ4v) is 4.80. The molecule has 3 nitrogen and oxygen atoms in total. The zero-order valence-electron chi connectivity index (χ0n) is 23.8. The highest BCUT2D eigenvalue weighted by atomic mass is 16.7. The highest BCUT2D eigenvalue weighted by molar-refractivity contribution is 5.68. The molecule has 0 aliphatic rings. The van der Waals surface area contributed by atoms with Crippen LogP contribution in [0.15, 0.2) is 84.9 Å². The van der Waals surface area contributed by atoms with E-state index in [2.05, 4.69) is 97.0 Å². The van der Waals surface area contributed by atoms with E-state index in [1.165, 1.54) is 27.8 Å². The van der Waals surface area contributed by atoms with Gasteiger partial charge in [0.25, 0.3) is 0 Å². The molecule has 0 saturated heterocycles. The summed E-state index contributed by atoms with van der Waals surface area (Å²) in [5.41, 5.74) is 9.11. The Kier molecular flexibility index (Phi) is 7.51. The molecule has 0 aliphatic carbocycles. The predicted molar refractivity (Wildman–Crippen MR) is 156 cm³/mol. The van der Waals surface area contributed by atoms with Gasteiger partial charge in [-0.3, -0.25) is 0 Å². The van der Waals surface area contributed by atoms with Crippen LogP contribution in [0.5, 0.6) is 11.5 Å². The van der Waals surface area contributed by atoms with E-state index in [0.717, 1.165) is 16.7 Å². The van der Waals surface area contributed by atoms with Gasteiger partial charge in [0.2, 0.25) is 0 Å². The fraction of sp³-hybridized carbons (Fsp3) is 0.286. The van der Waals surface area contributed by atoms with Gasteiger partial charge in [0.05, 0.1) is 0 Å². The molecule has 0 spiro atoms. The van der Waals surface area contributed by atoms with Crippen LogP contribution in [0.25, 0.3) is 0 Å². The van der Waals surface area contributed by atoms with Crippen molar-refractivity contribution < 1.29 is 14.3 Å². The van der Waals surface area contributed by atoms with Crippen LogP contribution in [0.4, 0.5) is 4.79 Å². The van der Waals surface area contributed by atoms with E-state index in [-0.39, 0.29) is 10.8 Å². The molecule has 0 heterocycles. The van der Waals surface area contributed by atoms with Gasteiger partial charge in [-0.25, -0.2) is 4.79 Å². The molecule has 0 bridgehead atoms. The molecule has 0 unspecified atom stereocenters. The van der Waals surface area contributed by atoms with Crippen LogP contribution in [0.3, 0.4) is 0 Å². The number of carbonyl (C=O) groups excluding carboxylic acids is 1. The number of hydrogen-bond donors (Lipinski definition) is 0. The quantitative estimate of drug-likeness (QED) is 0.193. The van der Waals surface area contributed by atoms with Crippen LogP contribution < -0.4 is 9.47 Å². The summed E-state index contributed by atoms with van der Waals surface area (Å²) in [4.78, 5) is 12.6. The predicted octanol–water partition coefficient (Wildman–Crippen LogP) is 9.15. The Labute approximate surface area is 227 Å². The van der Waals surface area contributed by atoms with Crippen LogP contribution in [0.2, 0.25) is 0 Å². The van der Waals surface area contributed by atoms with E-state index in [9.17, 15) is 4.79 Å². The van der Waals surface area contributed by atoms with E-state index >= 15 is 0 Å². The van der Waals surface area contributed by atoms with Gasteiger partial charge in [0, 0.05) is 10.8 Å². The topological polar surface area (TPSA) is 35.5 Å². The number of carbonyl (C=O) groups is 1. The summed E-state index contributed by atoms with van der Waals surface area (Å²) in [5.74, 6) is 0.941. The van der Waals surface area contributed by atoms with Crippen molar-refractivity contribution in [1.29, 1.82) is 0 Å². The lowest BCUT2D eigenvalue weighted by Crippen LogP contribution is -2.20. The van der Waals surface area contributed by atoms with E-state index in [1.807, 2.05) is 43.3 Å². The van der Waals surface area contributed by atoms with Gasteiger partial charge in [0.15, 0.2) is 0 Å². The highest BCUT2D eigenvalue weighted by Crippen LogP contribution is 2.35. The lowest BCUT2D eigenvalue weighted by molar-refractivity contribution is 0.151. The van der Waals surface area contributed by atoms with Gasteiger partial charge in [-0.15, -0.1) is 0 Å². The minimum atomic E-state index is -0.750. The van der Waals surface area contributed by atoms with Crippen molar-refractivity contribution in [2.75, 3.05) is 0 Å². The molecular formula is C35H38O3. The molecule has 0 aromatic heterocycles. The maximum absolute atomic E-state index is 12.6. The molecule has 4 aromatic rings. The van der Waals surface area contributed by atoms with E-state index < -0.39 is 6.16 Å². The summed E-state index contributed by atoms with van der Waals surface area (Å²) in [5, 5.41) is 0. The summed E-state index contributed by atoms with van der Waals surface area (Å²) >= 11 is 0. The van der Waals surface area contributed by atoms with Gasteiger partial charge in [0.1, 0.15) is 11.5 Å². The maximum Gasteiger partial charge on any atom is 0.519 e. The minimum Gasteiger partial charge on any atom is -0.395 e. The third-order valence-corrected chi connectivity index (χ3v) is 7.84. The summed E-state index contributed by atoms with van der Waals surface area (Å²) < 4.78 is 11.1. The Morgan fingerprint density at radius 2 is 1.11 bits per heavy atom. The average Bonchev–Trinajstić information content (AvgIpc) is 2.87. The Balaban J connectivity index is 1.45. The van der Waals surface area contributed by atoms with Gasteiger partial charge in [-0.2, -0.15) is 0 Å². The molecular weight excluding hydrogens is 468 g/mol. The van der Waals surface area contributed by atoms with Crippen molar-refractivity contribution in [2.45, 2.75) is 66.2 Å². The first-order chi connectivity index (χ1) is 17.9. The van der Waals surface area contributed by atoms with Gasteiger partial charge >= 0.3 is 6.16 Å². The Hall–Kier alpha value is -3.85. The first-order valence-corrected chi connectivity index (χ1v) is 13.1. The second-order valence-corrected chi connectivity index (χ2v) is 11.4. The van der Waals surface area contributed by atoms with Crippen molar-refractivity contribution in [1.82, 2.24) is 0 Å². The zero-order chi connectivity index (χ0) is 27.7. The number of hydrogen-bond acceptors (Lipinski definition) is 3. The lowest BCUT2D eigenvalue weighted by atomic mass is 9.77. The van der Waals surface area contributed by atoms with Crippen molar-refractivity contribution in [3.05, 3.63) is 129 Å². The third-order valence-electron chi connectivity index (χ3n) is 7.84. The zero-order valence-corrected chi connectivity index (χ0v) is 23.8. The number of ether oxygens (including phenoxy) is 2. The summed E-state index contributed by atoms with van der Waals surface area (Å²) in [6.07, 6.45) is -0.750. The molecule has 0 atom stereocenters. The normalized spacial score (nSPS) is 11.8. The molecule has 38 heavy (non-hydrogen) atoms. The van der Waals surface area contributed by atoms with Crippen molar-refractivity contribution in [3.8, 4) is 11.5 Å². The van der Waals surface area contributed by atoms with Gasteiger partial charge in [-0.05, 0) is 84.8 Å². The molecule has 4 rings (SSSR count). The fourth-order valence-electron chi connectivity index (χ4n) is 4.80. The second kappa shape index (κ2) is 10.5. The highest BCUT2D eigenvalue weighted by Gasteiger charge is 2.25. The molecule has 0 fully saturated rings. The van der Waals surface area contributed by atoms with Gasteiger partial charge in [-0.1, -0.05) is 100.0 Å². The third kappa shape index (κ3) is 5.67. The Morgan fingerprint density at radius 1 is 0.553 bits per heavy atom. The van der Waals surface area contributed by atoms with Crippen LogP contribution >= 0.6 is 0 Å². The number of aryl methyl sites for hydroxylation is 4. The SMILES string of the molecule is Cc1cccc(C(C)(C)c2ccc(OC(=O)Oc3ccc(C(C)(C)c4ccc(C)c(C)c4)cc3C)cc2)c1. The maximum atomic E-state index is 12.6. The average molecular weight is 507 g/mol. The minimum absolute atomic E-state index is 0.172. The van der Waals surface area contributed by atoms with Crippen LogP contribution in [-0.4, -0.2) is 6.16 Å². The summed E-state index contributed by atoms with van der Waals surface area (Å²) in [7, 11) is 0. The number of benzene rings is 4. The Bertz CT molecular complexity index is 1460. The van der Waals surface area contributed by atoms with E-state index in [4.69, 9.17) is 9.47 Å². The molecule has 0 amide bonds. The van der Waals surface area contributed by atoms with E-state index in [0.29, 0.717) is 11.5 Å². The molecule has 0 N–H and O–H groups in total. The standard InChI is InChI=1S/C35H38O3/c1-23-10-9-11-28(20-23)34(5,6)27-14-17-31(18-15-27)37-33(36)38-32-19-16-30(22-26(32)4)35(7,8)29-13-12-24(2)25(3)21-29/h9-22H,1-8H3. The molecule has 196 valence electrons. The van der Waals surface area contributed by atoms with Gasteiger partial charge < -0.3 is 9.47 Å². The Morgan fingerprint density at radius 3 is 1.71 bits per heavy atom. The first kappa shape index (κ1) is 27.2. The van der Waals surface area contributed by atoms with Crippen LogP contribution in [-0.2, 0) is 10.8 Å². The molecule has 0 radical (unpaired) electrons. The van der Waals surface area contributed by atoms with Crippen molar-refractivity contribution >= 4 is 6.16 Å². The largest absolute Gasteiger partial charge is 0.519 e. The first-order valence-electron chi connectivity index (χ1n) is 13.1. The summed E-state index contributed by atoms with van der Waals surface area (Å²) in [6.45, 7) is 17.1.